The van der Waals surface area contributed by atoms with Crippen molar-refractivity contribution < 1.29 is 4.79 Å². The Labute approximate surface area is 147 Å². The van der Waals surface area contributed by atoms with E-state index in [2.05, 4.69) is 35.4 Å². The second-order valence-electron chi connectivity index (χ2n) is 7.22. The number of hydrogen-bond acceptors (Lipinski definition) is 3. The van der Waals surface area contributed by atoms with Gasteiger partial charge in [-0.1, -0.05) is 25.1 Å². The molecule has 126 valence electrons. The molecule has 2 aromatic carbocycles. The van der Waals surface area contributed by atoms with E-state index in [1.165, 1.54) is 5.56 Å². The molecule has 0 atom stereocenters. The fourth-order valence-corrected chi connectivity index (χ4v) is 3.01. The second-order valence-corrected chi connectivity index (χ2v) is 7.22. The smallest absolute Gasteiger partial charge is 0.231 e. The fourth-order valence-electron chi connectivity index (χ4n) is 3.01. The summed E-state index contributed by atoms with van der Waals surface area (Å²) in [6.07, 6.45) is 3.72. The largest absolute Gasteiger partial charge is 0.399 e. The Balaban J connectivity index is 1.67. The minimum Gasteiger partial charge on any atom is -0.399 e. The molecule has 1 heterocycles. The predicted molar refractivity (Wildman–Crippen MR) is 102 cm³/mol. The number of fused-ring (bicyclic) bond motifs is 1. The topological polar surface area (TPSA) is 68.0 Å². The van der Waals surface area contributed by atoms with Gasteiger partial charge in [0.2, 0.25) is 5.91 Å². The van der Waals surface area contributed by atoms with Gasteiger partial charge in [-0.25, -0.2) is 4.98 Å². The first-order chi connectivity index (χ1) is 11.9. The number of amides is 1. The number of aryl methyl sites for hydroxylation is 1. The number of nitrogen functional groups attached to an aromatic ring is 1. The minimum atomic E-state index is -0.203. The maximum atomic E-state index is 12.2. The van der Waals surface area contributed by atoms with E-state index in [1.54, 1.807) is 0 Å². The van der Waals surface area contributed by atoms with Crippen LogP contribution in [0.2, 0.25) is 0 Å². The van der Waals surface area contributed by atoms with E-state index in [9.17, 15) is 4.79 Å². The minimum absolute atomic E-state index is 0.0614. The highest BCUT2D eigenvalue weighted by Gasteiger charge is 2.44. The number of hydrogen-bond donors (Lipinski definition) is 2. The Hall–Kier alpha value is -2.88. The molecule has 25 heavy (non-hydrogen) atoms. The highest BCUT2D eigenvalue weighted by atomic mass is 16.2. The molecular weight excluding hydrogens is 310 g/mol. The number of nitrogens with zero attached hydrogens (tertiary/aromatic N) is 1. The van der Waals surface area contributed by atoms with Gasteiger partial charge in [0.1, 0.15) is 5.82 Å². The van der Waals surface area contributed by atoms with Gasteiger partial charge in [-0.3, -0.25) is 4.79 Å². The molecule has 0 saturated heterocycles. The average molecular weight is 331 g/mol. The van der Waals surface area contributed by atoms with Crippen LogP contribution in [0.3, 0.4) is 0 Å². The van der Waals surface area contributed by atoms with Gasteiger partial charge in [0.25, 0.3) is 0 Å². The molecule has 0 aliphatic heterocycles. The Morgan fingerprint density at radius 2 is 1.92 bits per heavy atom. The van der Waals surface area contributed by atoms with Crippen molar-refractivity contribution in [2.45, 2.75) is 26.7 Å². The van der Waals surface area contributed by atoms with Crippen LogP contribution in [0.25, 0.3) is 21.9 Å². The lowest BCUT2D eigenvalue weighted by molar-refractivity contribution is -0.120. The first kappa shape index (κ1) is 15.6. The van der Waals surface area contributed by atoms with E-state index >= 15 is 0 Å². The van der Waals surface area contributed by atoms with Crippen LogP contribution >= 0.6 is 0 Å². The van der Waals surface area contributed by atoms with Crippen molar-refractivity contribution >= 4 is 28.2 Å². The standard InChI is InChI=1S/C21H21N3O/c1-13-3-6-17(22)11-18(13)15-5-4-14-10-19(23-12-16(14)9-15)24-20(25)21(2)7-8-21/h3-6,9-12H,7-8,22H2,1-2H3,(H,23,24,25). The summed E-state index contributed by atoms with van der Waals surface area (Å²) in [4.78, 5) is 16.6. The zero-order chi connectivity index (χ0) is 17.6. The molecule has 1 amide bonds. The van der Waals surface area contributed by atoms with Gasteiger partial charge >= 0.3 is 0 Å². The normalized spacial score (nSPS) is 15.1. The van der Waals surface area contributed by atoms with Gasteiger partial charge < -0.3 is 11.1 Å². The van der Waals surface area contributed by atoms with Crippen LogP contribution in [-0.2, 0) is 4.79 Å². The van der Waals surface area contributed by atoms with Crippen molar-refractivity contribution in [1.29, 1.82) is 0 Å². The SMILES string of the molecule is Cc1ccc(N)cc1-c1ccc2cc(NC(=O)C3(C)CC3)ncc2c1. The number of benzene rings is 2. The molecule has 1 aliphatic rings. The molecule has 0 bridgehead atoms. The number of nitrogens with two attached hydrogens (primary N) is 1. The quantitative estimate of drug-likeness (QED) is 0.693. The number of nitrogens with one attached hydrogen (secondary N) is 1. The zero-order valence-electron chi connectivity index (χ0n) is 14.5. The molecule has 4 rings (SSSR count). The molecule has 1 saturated carbocycles. The molecule has 1 aromatic heterocycles. The van der Waals surface area contributed by atoms with Crippen LogP contribution in [0.1, 0.15) is 25.3 Å². The third-order valence-corrected chi connectivity index (χ3v) is 5.08. The fraction of sp³-hybridized carbons (Fsp3) is 0.238. The highest BCUT2D eigenvalue weighted by molar-refractivity contribution is 5.98. The number of aromatic nitrogens is 1. The number of carbonyl (C=O) groups is 1. The van der Waals surface area contributed by atoms with Gasteiger partial charge in [0, 0.05) is 22.7 Å². The number of rotatable bonds is 3. The first-order valence-electron chi connectivity index (χ1n) is 8.52. The predicted octanol–water partition coefficient (Wildman–Crippen LogP) is 4.53. The van der Waals surface area contributed by atoms with Gasteiger partial charge in [-0.15, -0.1) is 0 Å². The number of anilines is 2. The zero-order valence-corrected chi connectivity index (χ0v) is 14.5. The van der Waals surface area contributed by atoms with E-state index in [4.69, 9.17) is 5.73 Å². The van der Waals surface area contributed by atoms with Crippen LogP contribution in [0, 0.1) is 12.3 Å². The molecule has 4 nitrogen and oxygen atoms in total. The van der Waals surface area contributed by atoms with Gasteiger partial charge in [-0.05, 0) is 66.1 Å². The van der Waals surface area contributed by atoms with Crippen LogP contribution < -0.4 is 11.1 Å². The third kappa shape index (κ3) is 2.95. The lowest BCUT2D eigenvalue weighted by atomic mass is 9.98. The van der Waals surface area contributed by atoms with Crippen molar-refractivity contribution in [3.05, 3.63) is 54.2 Å². The summed E-state index contributed by atoms with van der Waals surface area (Å²) in [6.45, 7) is 4.07. The second kappa shape index (κ2) is 5.59. The molecule has 0 radical (unpaired) electrons. The lowest BCUT2D eigenvalue weighted by Crippen LogP contribution is -2.21. The summed E-state index contributed by atoms with van der Waals surface area (Å²) in [7, 11) is 0. The summed E-state index contributed by atoms with van der Waals surface area (Å²) in [5.41, 5.74) is 9.90. The Morgan fingerprint density at radius 1 is 1.12 bits per heavy atom. The van der Waals surface area contributed by atoms with E-state index in [-0.39, 0.29) is 11.3 Å². The summed E-state index contributed by atoms with van der Waals surface area (Å²) in [6, 6.07) is 14.1. The molecule has 0 unspecified atom stereocenters. The summed E-state index contributed by atoms with van der Waals surface area (Å²) in [5.74, 6) is 0.671. The van der Waals surface area contributed by atoms with E-state index in [0.29, 0.717) is 5.82 Å². The summed E-state index contributed by atoms with van der Waals surface area (Å²) in [5, 5.41) is 5.02. The van der Waals surface area contributed by atoms with E-state index in [1.807, 2.05) is 37.4 Å². The van der Waals surface area contributed by atoms with Gasteiger partial charge in [0.05, 0.1) is 0 Å². The highest BCUT2D eigenvalue weighted by Crippen LogP contribution is 2.45. The molecule has 1 fully saturated rings. The molecule has 3 N–H and O–H groups in total. The van der Waals surface area contributed by atoms with Crippen molar-refractivity contribution in [1.82, 2.24) is 4.98 Å². The monoisotopic (exact) mass is 331 g/mol. The van der Waals surface area contributed by atoms with Crippen molar-refractivity contribution in [3.8, 4) is 11.1 Å². The summed E-state index contributed by atoms with van der Waals surface area (Å²) >= 11 is 0. The van der Waals surface area contributed by atoms with E-state index < -0.39 is 0 Å². The number of carbonyl (C=O) groups excluding carboxylic acids is 1. The molecular formula is C21H21N3O. The van der Waals surface area contributed by atoms with Crippen molar-refractivity contribution in [3.63, 3.8) is 0 Å². The van der Waals surface area contributed by atoms with Gasteiger partial charge in [-0.2, -0.15) is 0 Å². The summed E-state index contributed by atoms with van der Waals surface area (Å²) < 4.78 is 0. The average Bonchev–Trinajstić information content (AvgIpc) is 3.35. The maximum absolute atomic E-state index is 12.2. The van der Waals surface area contributed by atoms with Crippen LogP contribution in [0.15, 0.2) is 48.7 Å². The Kier molecular flexibility index (Phi) is 3.49. The van der Waals surface area contributed by atoms with Crippen LogP contribution in [0.5, 0.6) is 0 Å². The Morgan fingerprint density at radius 3 is 2.68 bits per heavy atom. The van der Waals surface area contributed by atoms with Crippen LogP contribution in [0.4, 0.5) is 11.5 Å². The van der Waals surface area contributed by atoms with Crippen molar-refractivity contribution in [2.24, 2.45) is 5.41 Å². The third-order valence-electron chi connectivity index (χ3n) is 5.08. The molecule has 3 aromatic rings. The molecule has 0 spiro atoms. The lowest BCUT2D eigenvalue weighted by Gasteiger charge is -2.11. The first-order valence-corrected chi connectivity index (χ1v) is 8.52. The Bertz CT molecular complexity index is 990. The number of pyridine rings is 1. The van der Waals surface area contributed by atoms with Crippen molar-refractivity contribution in [2.75, 3.05) is 11.1 Å². The molecule has 4 heteroatoms. The van der Waals surface area contributed by atoms with E-state index in [0.717, 1.165) is 40.4 Å². The molecule has 1 aliphatic carbocycles. The van der Waals surface area contributed by atoms with Crippen LogP contribution in [-0.4, -0.2) is 10.9 Å². The maximum Gasteiger partial charge on any atom is 0.231 e. The van der Waals surface area contributed by atoms with Gasteiger partial charge in [0.15, 0.2) is 0 Å².